The van der Waals surface area contributed by atoms with Crippen molar-refractivity contribution in [2.75, 3.05) is 16.6 Å². The maximum atomic E-state index is 12.8. The van der Waals surface area contributed by atoms with E-state index in [0.29, 0.717) is 17.1 Å². The van der Waals surface area contributed by atoms with Crippen LogP contribution in [0.3, 0.4) is 0 Å². The van der Waals surface area contributed by atoms with Crippen molar-refractivity contribution in [3.63, 3.8) is 0 Å². The Bertz CT molecular complexity index is 1400. The standard InChI is InChI=1S/C27H30BrN3O4S2/c1-16(2)23-14-24(28)19(5)13-25(23)35-15-26(32)30-27(36)29-20-6-8-22(9-7-20)37(33,34)31-21-11-17(3)10-18(4)12-21/h6-14,16,31H,15H2,1-5H3,(H2,29,30,32,36). The van der Waals surface area contributed by atoms with Crippen LogP contribution in [0.1, 0.15) is 42.0 Å². The SMILES string of the molecule is Cc1cc(C)cc(NS(=O)(=O)c2ccc(NC(=S)NC(=O)COc3cc(C)c(Br)cc3C(C)C)cc2)c1. The van der Waals surface area contributed by atoms with Crippen molar-refractivity contribution in [2.24, 2.45) is 0 Å². The highest BCUT2D eigenvalue weighted by molar-refractivity contribution is 9.10. The maximum absolute atomic E-state index is 12.8. The Morgan fingerprint density at radius 2 is 1.59 bits per heavy atom. The topological polar surface area (TPSA) is 96.5 Å². The smallest absolute Gasteiger partial charge is 0.264 e. The zero-order chi connectivity index (χ0) is 27.3. The van der Waals surface area contributed by atoms with E-state index in [-0.39, 0.29) is 22.5 Å². The first kappa shape index (κ1) is 28.6. The molecule has 0 atom stereocenters. The van der Waals surface area contributed by atoms with Crippen molar-refractivity contribution in [2.45, 2.75) is 45.4 Å². The van der Waals surface area contributed by atoms with Crippen LogP contribution < -0.4 is 20.1 Å². The quantitative estimate of drug-likeness (QED) is 0.266. The van der Waals surface area contributed by atoms with Gasteiger partial charge < -0.3 is 10.1 Å². The summed E-state index contributed by atoms with van der Waals surface area (Å²) in [4.78, 5) is 12.5. The Balaban J connectivity index is 1.57. The van der Waals surface area contributed by atoms with Gasteiger partial charge in [0, 0.05) is 15.8 Å². The maximum Gasteiger partial charge on any atom is 0.264 e. The molecule has 3 rings (SSSR count). The Labute approximate surface area is 232 Å². The van der Waals surface area contributed by atoms with Crippen molar-refractivity contribution in [3.8, 4) is 5.75 Å². The molecular weight excluding hydrogens is 574 g/mol. The van der Waals surface area contributed by atoms with Crippen LogP contribution >= 0.6 is 28.1 Å². The molecule has 0 radical (unpaired) electrons. The first-order valence-corrected chi connectivity index (χ1v) is 14.3. The van der Waals surface area contributed by atoms with Crippen molar-refractivity contribution < 1.29 is 17.9 Å². The molecule has 3 aromatic rings. The molecule has 0 bridgehead atoms. The molecule has 196 valence electrons. The zero-order valence-electron chi connectivity index (χ0n) is 21.3. The minimum absolute atomic E-state index is 0.0774. The van der Waals surface area contributed by atoms with Crippen LogP contribution in [0.25, 0.3) is 0 Å². The Morgan fingerprint density at radius 1 is 0.973 bits per heavy atom. The molecule has 0 fully saturated rings. The number of sulfonamides is 1. The van der Waals surface area contributed by atoms with E-state index in [9.17, 15) is 13.2 Å². The van der Waals surface area contributed by atoms with Gasteiger partial charge >= 0.3 is 0 Å². The van der Waals surface area contributed by atoms with Crippen molar-refractivity contribution in [1.29, 1.82) is 0 Å². The van der Waals surface area contributed by atoms with Gasteiger partial charge in [0.15, 0.2) is 11.7 Å². The van der Waals surface area contributed by atoms with Crippen LogP contribution in [0.5, 0.6) is 5.75 Å². The molecule has 0 aliphatic rings. The number of carbonyl (C=O) groups excluding carboxylic acids is 1. The van der Waals surface area contributed by atoms with E-state index < -0.39 is 15.9 Å². The van der Waals surface area contributed by atoms with E-state index in [2.05, 4.69) is 45.1 Å². The molecule has 0 aliphatic heterocycles. The molecule has 0 saturated carbocycles. The molecule has 7 nitrogen and oxygen atoms in total. The number of anilines is 2. The molecule has 3 N–H and O–H groups in total. The lowest BCUT2D eigenvalue weighted by atomic mass is 10.0. The van der Waals surface area contributed by atoms with Gasteiger partial charge in [-0.3, -0.25) is 14.8 Å². The summed E-state index contributed by atoms with van der Waals surface area (Å²) in [5, 5.41) is 5.54. The Morgan fingerprint density at radius 3 is 2.19 bits per heavy atom. The third-order valence-electron chi connectivity index (χ3n) is 5.42. The summed E-state index contributed by atoms with van der Waals surface area (Å²) < 4.78 is 34.9. The predicted octanol–water partition coefficient (Wildman–Crippen LogP) is 6.19. The number of carbonyl (C=O) groups is 1. The van der Waals surface area contributed by atoms with Crippen LogP contribution in [0.4, 0.5) is 11.4 Å². The molecule has 0 unspecified atom stereocenters. The van der Waals surface area contributed by atoms with E-state index >= 15 is 0 Å². The molecule has 37 heavy (non-hydrogen) atoms. The number of hydrogen-bond donors (Lipinski definition) is 3. The first-order chi connectivity index (χ1) is 17.3. The Kier molecular flexibility index (Phi) is 9.33. The normalized spacial score (nSPS) is 11.2. The fraction of sp³-hybridized carbons (Fsp3) is 0.259. The lowest BCUT2D eigenvalue weighted by molar-refractivity contribution is -0.121. The van der Waals surface area contributed by atoms with Crippen molar-refractivity contribution in [3.05, 3.63) is 81.3 Å². The highest BCUT2D eigenvalue weighted by atomic mass is 79.9. The predicted molar refractivity (Wildman–Crippen MR) is 156 cm³/mol. The minimum atomic E-state index is -3.76. The molecule has 10 heteroatoms. The molecule has 0 saturated heterocycles. The number of benzene rings is 3. The lowest BCUT2D eigenvalue weighted by Gasteiger charge is -2.16. The number of rotatable bonds is 8. The van der Waals surface area contributed by atoms with Gasteiger partial charge in [0.25, 0.3) is 15.9 Å². The third-order valence-corrected chi connectivity index (χ3v) is 7.88. The summed E-state index contributed by atoms with van der Waals surface area (Å²) in [7, 11) is -3.76. The number of aryl methyl sites for hydroxylation is 3. The molecule has 0 aliphatic carbocycles. The molecule has 0 aromatic heterocycles. The van der Waals surface area contributed by atoms with Gasteiger partial charge in [-0.1, -0.05) is 35.8 Å². The molecule has 0 spiro atoms. The minimum Gasteiger partial charge on any atom is -0.483 e. The third kappa shape index (κ3) is 8.02. The van der Waals surface area contributed by atoms with Gasteiger partial charge in [-0.2, -0.15) is 0 Å². The number of halogens is 1. The fourth-order valence-corrected chi connectivity index (χ4v) is 5.31. The Hall–Kier alpha value is -2.95. The fourth-order valence-electron chi connectivity index (χ4n) is 3.68. The number of hydrogen-bond acceptors (Lipinski definition) is 5. The van der Waals surface area contributed by atoms with Gasteiger partial charge in [0.1, 0.15) is 5.75 Å². The molecule has 3 aromatic carbocycles. The summed E-state index contributed by atoms with van der Waals surface area (Å²) in [5.41, 5.74) is 4.96. The van der Waals surface area contributed by atoms with E-state index in [1.165, 1.54) is 12.1 Å². The first-order valence-electron chi connectivity index (χ1n) is 11.6. The van der Waals surface area contributed by atoms with Gasteiger partial charge in [-0.15, -0.1) is 0 Å². The summed E-state index contributed by atoms with van der Waals surface area (Å²) in [6, 6.07) is 15.5. The van der Waals surface area contributed by atoms with Gasteiger partial charge in [-0.05, 0) is 110 Å². The lowest BCUT2D eigenvalue weighted by Crippen LogP contribution is -2.37. The van der Waals surface area contributed by atoms with E-state index in [0.717, 1.165) is 26.7 Å². The van der Waals surface area contributed by atoms with Gasteiger partial charge in [-0.25, -0.2) is 8.42 Å². The largest absolute Gasteiger partial charge is 0.483 e. The number of amides is 1. The molecule has 0 heterocycles. The van der Waals surface area contributed by atoms with Crippen LogP contribution in [0.2, 0.25) is 0 Å². The zero-order valence-corrected chi connectivity index (χ0v) is 24.5. The van der Waals surface area contributed by atoms with Gasteiger partial charge in [0.2, 0.25) is 0 Å². The summed E-state index contributed by atoms with van der Waals surface area (Å²) in [6.45, 7) is 9.67. The summed E-state index contributed by atoms with van der Waals surface area (Å²) in [5.74, 6) is 0.459. The second kappa shape index (κ2) is 12.1. The van der Waals surface area contributed by atoms with E-state index in [1.54, 1.807) is 24.3 Å². The molecule has 1 amide bonds. The summed E-state index contributed by atoms with van der Waals surface area (Å²) in [6.07, 6.45) is 0. The van der Waals surface area contributed by atoms with Crippen LogP contribution in [0, 0.1) is 20.8 Å². The monoisotopic (exact) mass is 603 g/mol. The van der Waals surface area contributed by atoms with Crippen molar-refractivity contribution in [1.82, 2.24) is 5.32 Å². The summed E-state index contributed by atoms with van der Waals surface area (Å²) >= 11 is 8.76. The molecular formula is C27H30BrN3O4S2. The second-order valence-corrected chi connectivity index (χ2v) is 12.0. The number of thiocarbonyl (C=S) groups is 1. The highest BCUT2D eigenvalue weighted by Crippen LogP contribution is 2.32. The van der Waals surface area contributed by atoms with Crippen molar-refractivity contribution >= 4 is 60.6 Å². The van der Waals surface area contributed by atoms with Crippen LogP contribution in [-0.4, -0.2) is 26.0 Å². The van der Waals surface area contributed by atoms with Gasteiger partial charge in [0.05, 0.1) is 4.90 Å². The van der Waals surface area contributed by atoms with Crippen LogP contribution in [0.15, 0.2) is 64.0 Å². The average molecular weight is 605 g/mol. The second-order valence-electron chi connectivity index (χ2n) is 9.09. The van der Waals surface area contributed by atoms with E-state index in [4.69, 9.17) is 17.0 Å². The van der Waals surface area contributed by atoms with E-state index in [1.807, 2.05) is 39.0 Å². The number of ether oxygens (including phenoxy) is 1. The van der Waals surface area contributed by atoms with Crippen LogP contribution in [-0.2, 0) is 14.8 Å². The average Bonchev–Trinajstić information content (AvgIpc) is 2.78. The highest BCUT2D eigenvalue weighted by Gasteiger charge is 2.16. The number of nitrogens with one attached hydrogen (secondary N) is 3.